The molecule has 0 saturated carbocycles. The molecule has 0 atom stereocenters. The molecule has 0 aliphatic rings. The minimum atomic E-state index is -0.151. The Labute approximate surface area is 93.1 Å². The van der Waals surface area contributed by atoms with Gasteiger partial charge in [0.1, 0.15) is 0 Å². The predicted molar refractivity (Wildman–Crippen MR) is 60.8 cm³/mol. The van der Waals surface area contributed by atoms with Gasteiger partial charge in [0, 0.05) is 19.6 Å². The fourth-order valence-corrected chi connectivity index (χ4v) is 1.33. The summed E-state index contributed by atoms with van der Waals surface area (Å²) in [5, 5.41) is 0. The summed E-state index contributed by atoms with van der Waals surface area (Å²) >= 11 is 0. The molecule has 3 heteroatoms. The van der Waals surface area contributed by atoms with Crippen LogP contribution in [0.2, 0.25) is 0 Å². The number of rotatable bonds is 10. The molecule has 0 saturated heterocycles. The summed E-state index contributed by atoms with van der Waals surface area (Å²) in [5.41, 5.74) is 0. The molecule has 0 aliphatic carbocycles. The summed E-state index contributed by atoms with van der Waals surface area (Å²) < 4.78 is 9.93. The summed E-state index contributed by atoms with van der Waals surface area (Å²) in [6, 6.07) is 0. The van der Waals surface area contributed by atoms with Gasteiger partial charge in [-0.2, -0.15) is 0 Å². The summed E-state index contributed by atoms with van der Waals surface area (Å²) in [4.78, 5) is 10.7. The van der Waals surface area contributed by atoms with E-state index in [2.05, 4.69) is 11.7 Å². The van der Waals surface area contributed by atoms with E-state index in [9.17, 15) is 4.79 Å². The molecule has 90 valence electrons. The molecule has 15 heavy (non-hydrogen) atoms. The second kappa shape index (κ2) is 11.5. The largest absolute Gasteiger partial charge is 0.469 e. The maximum atomic E-state index is 10.7. The van der Waals surface area contributed by atoms with Gasteiger partial charge < -0.3 is 9.47 Å². The summed E-state index contributed by atoms with van der Waals surface area (Å²) in [6.07, 6.45) is 7.53. The van der Waals surface area contributed by atoms with Crippen LogP contribution < -0.4 is 0 Å². The van der Waals surface area contributed by atoms with Crippen LogP contribution in [0.1, 0.15) is 51.9 Å². The van der Waals surface area contributed by atoms with Gasteiger partial charge in [-0.25, -0.2) is 0 Å². The first-order chi connectivity index (χ1) is 7.31. The molecular weight excluding hydrogens is 192 g/mol. The van der Waals surface area contributed by atoms with Crippen molar-refractivity contribution in [2.45, 2.75) is 51.9 Å². The molecular formula is C12H24O3. The van der Waals surface area contributed by atoms with Gasteiger partial charge in [-0.05, 0) is 12.8 Å². The molecule has 0 unspecified atom stereocenters. The maximum Gasteiger partial charge on any atom is 0.305 e. The molecule has 0 rings (SSSR count). The van der Waals surface area contributed by atoms with Gasteiger partial charge in [0.2, 0.25) is 0 Å². The van der Waals surface area contributed by atoms with Crippen molar-refractivity contribution in [1.29, 1.82) is 0 Å². The van der Waals surface area contributed by atoms with E-state index in [0.29, 0.717) is 13.0 Å². The van der Waals surface area contributed by atoms with Crippen LogP contribution >= 0.6 is 0 Å². The zero-order valence-electron chi connectivity index (χ0n) is 10.1. The first kappa shape index (κ1) is 14.4. The topological polar surface area (TPSA) is 35.5 Å². The molecule has 0 radical (unpaired) electrons. The van der Waals surface area contributed by atoms with Gasteiger partial charge in [0.15, 0.2) is 0 Å². The van der Waals surface area contributed by atoms with Crippen LogP contribution in [0.3, 0.4) is 0 Å². The lowest BCUT2D eigenvalue weighted by molar-refractivity contribution is -0.141. The summed E-state index contributed by atoms with van der Waals surface area (Å²) in [7, 11) is 1.41. The fraction of sp³-hybridized carbons (Fsp3) is 0.917. The molecule has 0 fully saturated rings. The highest BCUT2D eigenvalue weighted by Gasteiger charge is 1.98. The number of carbonyl (C=O) groups excluding carboxylic acids is 1. The molecule has 0 amide bonds. The van der Waals surface area contributed by atoms with Crippen molar-refractivity contribution in [3.8, 4) is 0 Å². The first-order valence-corrected chi connectivity index (χ1v) is 5.95. The van der Waals surface area contributed by atoms with E-state index in [0.717, 1.165) is 19.4 Å². The number of ether oxygens (including phenoxy) is 2. The van der Waals surface area contributed by atoms with Crippen molar-refractivity contribution in [3.05, 3.63) is 0 Å². The molecule has 0 heterocycles. The van der Waals surface area contributed by atoms with Crippen molar-refractivity contribution >= 4 is 5.97 Å². The minimum absolute atomic E-state index is 0.151. The zero-order chi connectivity index (χ0) is 11.4. The average molecular weight is 216 g/mol. The Morgan fingerprint density at radius 1 is 1.00 bits per heavy atom. The molecule has 0 aromatic carbocycles. The lowest BCUT2D eigenvalue weighted by Gasteiger charge is -2.03. The predicted octanol–water partition coefficient (Wildman–Crippen LogP) is 2.93. The summed E-state index contributed by atoms with van der Waals surface area (Å²) in [5.74, 6) is -0.151. The van der Waals surface area contributed by atoms with Crippen molar-refractivity contribution in [1.82, 2.24) is 0 Å². The molecule has 0 spiro atoms. The molecule has 0 aliphatic heterocycles. The monoisotopic (exact) mass is 216 g/mol. The third-order valence-corrected chi connectivity index (χ3v) is 2.29. The standard InChI is InChI=1S/C12H24O3/c1-3-4-5-6-7-10-15-11-8-9-12(13)14-2/h3-11H2,1-2H3. The van der Waals surface area contributed by atoms with Crippen LogP contribution in [0, 0.1) is 0 Å². The van der Waals surface area contributed by atoms with Crippen LogP contribution in [0.4, 0.5) is 0 Å². The highest BCUT2D eigenvalue weighted by Crippen LogP contribution is 2.02. The number of unbranched alkanes of at least 4 members (excludes halogenated alkanes) is 4. The minimum Gasteiger partial charge on any atom is -0.469 e. The maximum absolute atomic E-state index is 10.7. The van der Waals surface area contributed by atoms with Crippen molar-refractivity contribution < 1.29 is 14.3 Å². The van der Waals surface area contributed by atoms with Crippen LogP contribution in [-0.2, 0) is 14.3 Å². The number of esters is 1. The van der Waals surface area contributed by atoms with Crippen molar-refractivity contribution in [2.24, 2.45) is 0 Å². The van der Waals surface area contributed by atoms with E-state index in [4.69, 9.17) is 4.74 Å². The number of methoxy groups -OCH3 is 1. The van der Waals surface area contributed by atoms with Gasteiger partial charge in [0.05, 0.1) is 7.11 Å². The lowest BCUT2D eigenvalue weighted by atomic mass is 10.2. The summed E-state index contributed by atoms with van der Waals surface area (Å²) in [6.45, 7) is 3.71. The van der Waals surface area contributed by atoms with Gasteiger partial charge in [-0.15, -0.1) is 0 Å². The Kier molecular flexibility index (Phi) is 11.1. The van der Waals surface area contributed by atoms with Gasteiger partial charge in [-0.3, -0.25) is 4.79 Å². The Morgan fingerprint density at radius 3 is 2.33 bits per heavy atom. The second-order valence-corrected chi connectivity index (χ2v) is 3.71. The SMILES string of the molecule is CCCCCCCOCCCC(=O)OC. The highest BCUT2D eigenvalue weighted by atomic mass is 16.5. The fourth-order valence-electron chi connectivity index (χ4n) is 1.33. The van der Waals surface area contributed by atoms with Crippen LogP contribution in [0.25, 0.3) is 0 Å². The van der Waals surface area contributed by atoms with Gasteiger partial charge in [-0.1, -0.05) is 32.6 Å². The van der Waals surface area contributed by atoms with E-state index in [1.54, 1.807) is 0 Å². The number of hydrogen-bond donors (Lipinski definition) is 0. The Bertz CT molecular complexity index is 146. The Balaban J connectivity index is 2.95. The van der Waals surface area contributed by atoms with E-state index >= 15 is 0 Å². The third-order valence-electron chi connectivity index (χ3n) is 2.29. The smallest absolute Gasteiger partial charge is 0.305 e. The van der Waals surface area contributed by atoms with E-state index in [1.165, 1.54) is 32.8 Å². The van der Waals surface area contributed by atoms with Crippen molar-refractivity contribution in [2.75, 3.05) is 20.3 Å². The van der Waals surface area contributed by atoms with Crippen molar-refractivity contribution in [3.63, 3.8) is 0 Å². The van der Waals surface area contributed by atoms with E-state index < -0.39 is 0 Å². The number of hydrogen-bond acceptors (Lipinski definition) is 3. The zero-order valence-corrected chi connectivity index (χ0v) is 10.1. The first-order valence-electron chi connectivity index (χ1n) is 5.95. The van der Waals surface area contributed by atoms with Gasteiger partial charge >= 0.3 is 5.97 Å². The third kappa shape index (κ3) is 11.4. The lowest BCUT2D eigenvalue weighted by Crippen LogP contribution is -2.03. The van der Waals surface area contributed by atoms with E-state index in [1.807, 2.05) is 0 Å². The van der Waals surface area contributed by atoms with E-state index in [-0.39, 0.29) is 5.97 Å². The second-order valence-electron chi connectivity index (χ2n) is 3.71. The highest BCUT2D eigenvalue weighted by molar-refractivity contribution is 5.68. The van der Waals surface area contributed by atoms with Crippen LogP contribution in [0.15, 0.2) is 0 Å². The molecule has 0 aromatic heterocycles. The normalized spacial score (nSPS) is 10.3. The Hall–Kier alpha value is -0.570. The molecule has 0 aromatic rings. The Morgan fingerprint density at radius 2 is 1.67 bits per heavy atom. The van der Waals surface area contributed by atoms with Crippen LogP contribution in [-0.4, -0.2) is 26.3 Å². The molecule has 3 nitrogen and oxygen atoms in total. The molecule has 0 bridgehead atoms. The molecule has 0 N–H and O–H groups in total. The van der Waals surface area contributed by atoms with Crippen LogP contribution in [0.5, 0.6) is 0 Å². The number of carbonyl (C=O) groups is 1. The quantitative estimate of drug-likeness (QED) is 0.416. The van der Waals surface area contributed by atoms with Gasteiger partial charge in [0.25, 0.3) is 0 Å². The average Bonchev–Trinajstić information content (AvgIpc) is 2.26.